The summed E-state index contributed by atoms with van der Waals surface area (Å²) in [6.07, 6.45) is 6.07. The topological polar surface area (TPSA) is 180 Å². The van der Waals surface area contributed by atoms with Gasteiger partial charge in [-0.2, -0.15) is 15.2 Å². The zero-order chi connectivity index (χ0) is 41.5. The smallest absolute Gasteiger partial charge is 0.324 e. The molecule has 2 fully saturated rings. The first-order valence-corrected chi connectivity index (χ1v) is 20.4. The maximum atomic E-state index is 12.7. The molecule has 4 amide bonds. The fourth-order valence-corrected chi connectivity index (χ4v) is 8.11. The number of nitrogens with one attached hydrogen (secondary N) is 3. The Balaban J connectivity index is 0.803. The number of nitrogens with zero attached hydrogens (tertiary/aromatic N) is 8. The number of hydrogen-bond acceptors (Lipinski definition) is 10. The SMILES string of the molecule is Cc1cc(-c2ncnn3cc(-c4ccc(CN5CCC(c6ccc7c(CN8CCC(=O)NC8=O)[nH]nc7c6)CC5)cc4)cc23)ccc1CNC(=O)c1noc(C(C)(C)C)n1. The molecule has 7 aromatic rings. The lowest BCUT2D eigenvalue weighted by Gasteiger charge is -2.32. The number of likely N-dealkylation sites (tertiary alicyclic amines) is 1. The molecule has 2 aliphatic rings. The van der Waals surface area contributed by atoms with Gasteiger partial charge in [-0.3, -0.25) is 24.9 Å². The van der Waals surface area contributed by atoms with E-state index in [1.807, 2.05) is 50.5 Å². The van der Waals surface area contributed by atoms with E-state index in [1.54, 1.807) is 11.2 Å². The summed E-state index contributed by atoms with van der Waals surface area (Å²) in [5, 5.41) is 22.3. The summed E-state index contributed by atoms with van der Waals surface area (Å²) < 4.78 is 7.15. The normalized spacial score (nSPS) is 15.6. The first kappa shape index (κ1) is 38.8. The average molecular weight is 806 g/mol. The Bertz CT molecular complexity index is 2740. The van der Waals surface area contributed by atoms with E-state index in [4.69, 9.17) is 4.52 Å². The lowest BCUT2D eigenvalue weighted by atomic mass is 9.88. The molecule has 0 aliphatic carbocycles. The summed E-state index contributed by atoms with van der Waals surface area (Å²) in [6, 6.07) is 23.2. The van der Waals surface area contributed by atoms with E-state index in [1.165, 1.54) is 11.1 Å². The van der Waals surface area contributed by atoms with Crippen LogP contribution in [0.25, 0.3) is 38.8 Å². The first-order chi connectivity index (χ1) is 28.9. The van der Waals surface area contributed by atoms with Crippen LogP contribution in [0.3, 0.4) is 0 Å². The molecule has 4 aromatic heterocycles. The number of amides is 4. The Morgan fingerprint density at radius 1 is 0.933 bits per heavy atom. The number of benzene rings is 3. The number of fused-ring (bicyclic) bond motifs is 2. The van der Waals surface area contributed by atoms with E-state index >= 15 is 0 Å². The van der Waals surface area contributed by atoms with Crippen LogP contribution in [0.2, 0.25) is 0 Å². The number of H-pyrrole nitrogens is 1. The maximum absolute atomic E-state index is 12.7. The second-order valence-electron chi connectivity index (χ2n) is 16.9. The number of urea groups is 1. The van der Waals surface area contributed by atoms with Gasteiger partial charge in [-0.25, -0.2) is 14.3 Å². The van der Waals surface area contributed by atoms with Gasteiger partial charge >= 0.3 is 6.03 Å². The highest BCUT2D eigenvalue weighted by atomic mass is 16.5. The minimum atomic E-state index is -0.383. The van der Waals surface area contributed by atoms with Crippen molar-refractivity contribution in [2.24, 2.45) is 0 Å². The number of hydrogen-bond donors (Lipinski definition) is 3. The molecular formula is C45H47N11O4. The minimum absolute atomic E-state index is 0.0233. The summed E-state index contributed by atoms with van der Waals surface area (Å²) in [4.78, 5) is 49.6. The molecule has 2 saturated heterocycles. The molecule has 2 aliphatic heterocycles. The van der Waals surface area contributed by atoms with Crippen LogP contribution in [-0.2, 0) is 29.8 Å². The molecular weight excluding hydrogens is 759 g/mol. The Morgan fingerprint density at radius 3 is 2.48 bits per heavy atom. The highest BCUT2D eigenvalue weighted by Gasteiger charge is 2.26. The monoisotopic (exact) mass is 805 g/mol. The van der Waals surface area contributed by atoms with Gasteiger partial charge in [0.2, 0.25) is 11.8 Å². The lowest BCUT2D eigenvalue weighted by Crippen LogP contribution is -2.48. The highest BCUT2D eigenvalue weighted by Crippen LogP contribution is 2.33. The zero-order valence-electron chi connectivity index (χ0n) is 34.2. The average Bonchev–Trinajstić information content (AvgIpc) is 4.01. The molecule has 306 valence electrons. The largest absolute Gasteiger partial charge is 0.345 e. The van der Waals surface area contributed by atoms with Gasteiger partial charge < -0.3 is 14.7 Å². The summed E-state index contributed by atoms with van der Waals surface area (Å²) >= 11 is 0. The van der Waals surface area contributed by atoms with Crippen molar-refractivity contribution in [1.82, 2.24) is 55.4 Å². The summed E-state index contributed by atoms with van der Waals surface area (Å²) in [5.74, 6) is 0.289. The Kier molecular flexibility index (Phi) is 10.2. The quantitative estimate of drug-likeness (QED) is 0.135. The predicted molar refractivity (Wildman–Crippen MR) is 225 cm³/mol. The second-order valence-corrected chi connectivity index (χ2v) is 16.9. The van der Waals surface area contributed by atoms with Crippen LogP contribution in [-0.4, -0.2) is 82.2 Å². The molecule has 15 nitrogen and oxygen atoms in total. The van der Waals surface area contributed by atoms with Crippen LogP contribution in [0.4, 0.5) is 4.79 Å². The summed E-state index contributed by atoms with van der Waals surface area (Å²) in [6.45, 7) is 11.9. The number of aromatic nitrogens is 7. The van der Waals surface area contributed by atoms with E-state index in [9.17, 15) is 14.4 Å². The fraction of sp³-hybridized carbons (Fsp3) is 0.333. The number of imide groups is 1. The minimum Gasteiger partial charge on any atom is -0.345 e. The van der Waals surface area contributed by atoms with E-state index < -0.39 is 0 Å². The number of aromatic amines is 1. The van der Waals surface area contributed by atoms with Crippen molar-refractivity contribution >= 4 is 34.3 Å². The van der Waals surface area contributed by atoms with Crippen molar-refractivity contribution in [3.8, 4) is 22.4 Å². The number of piperidine rings is 1. The van der Waals surface area contributed by atoms with E-state index in [-0.39, 0.29) is 29.1 Å². The number of aryl methyl sites for hydroxylation is 1. The van der Waals surface area contributed by atoms with Gasteiger partial charge in [0, 0.05) is 54.2 Å². The Labute approximate surface area is 346 Å². The number of carbonyl (C=O) groups excluding carboxylic acids is 3. The summed E-state index contributed by atoms with van der Waals surface area (Å²) in [7, 11) is 0. The molecule has 0 saturated carbocycles. The molecule has 0 radical (unpaired) electrons. The lowest BCUT2D eigenvalue weighted by molar-refractivity contribution is -0.121. The van der Waals surface area contributed by atoms with Crippen molar-refractivity contribution in [2.75, 3.05) is 19.6 Å². The van der Waals surface area contributed by atoms with Crippen LogP contribution >= 0.6 is 0 Å². The molecule has 0 spiro atoms. The van der Waals surface area contributed by atoms with E-state index in [0.29, 0.717) is 37.9 Å². The van der Waals surface area contributed by atoms with Gasteiger partial charge in [-0.1, -0.05) is 74.5 Å². The molecule has 3 aromatic carbocycles. The first-order valence-electron chi connectivity index (χ1n) is 20.4. The van der Waals surface area contributed by atoms with E-state index in [2.05, 4.69) is 101 Å². The van der Waals surface area contributed by atoms with Crippen molar-refractivity contribution in [1.29, 1.82) is 0 Å². The van der Waals surface area contributed by atoms with Gasteiger partial charge in [0.25, 0.3) is 11.7 Å². The van der Waals surface area contributed by atoms with Gasteiger partial charge in [0.1, 0.15) is 6.33 Å². The third kappa shape index (κ3) is 8.00. The van der Waals surface area contributed by atoms with Gasteiger partial charge in [-0.15, -0.1) is 0 Å². The Hall–Kier alpha value is -6.74. The molecule has 0 atom stereocenters. The number of carbonyl (C=O) groups is 3. The molecule has 15 heteroatoms. The van der Waals surface area contributed by atoms with Crippen molar-refractivity contribution in [3.05, 3.63) is 119 Å². The molecule has 6 heterocycles. The van der Waals surface area contributed by atoms with Crippen LogP contribution in [0.5, 0.6) is 0 Å². The van der Waals surface area contributed by atoms with Crippen LogP contribution in [0.1, 0.15) is 90.4 Å². The van der Waals surface area contributed by atoms with Crippen molar-refractivity contribution in [2.45, 2.75) is 77.9 Å². The Morgan fingerprint density at radius 2 is 1.73 bits per heavy atom. The molecule has 3 N–H and O–H groups in total. The van der Waals surface area contributed by atoms with Gasteiger partial charge in [-0.05, 0) is 84.8 Å². The summed E-state index contributed by atoms with van der Waals surface area (Å²) in [5.41, 5.74) is 10.9. The standard InChI is InChI=1S/C45H47N11O4/c1-27-19-32(9-10-33(27)22-46-42(58)41-50-43(60-53-41)45(2,3)4)40-38-21-34(24-56(38)48-26-47-40)29-7-5-28(6-8-29)23-54-16-13-30(14-17-54)31-11-12-35-36(20-31)51-52-37(35)25-55-18-15-39(57)49-44(55)59/h5-12,19-21,24,26,30H,13-18,22-23,25H2,1-4H3,(H,46,58)(H,51,52)(H,49,57,59). The fourth-order valence-electron chi connectivity index (χ4n) is 8.11. The maximum Gasteiger partial charge on any atom is 0.324 e. The number of rotatable bonds is 10. The van der Waals surface area contributed by atoms with Crippen LogP contribution in [0.15, 0.2) is 83.8 Å². The van der Waals surface area contributed by atoms with Crippen molar-refractivity contribution in [3.63, 3.8) is 0 Å². The third-order valence-corrected chi connectivity index (χ3v) is 11.6. The highest BCUT2D eigenvalue weighted by molar-refractivity contribution is 5.96. The molecule has 0 unspecified atom stereocenters. The second kappa shape index (κ2) is 15.8. The van der Waals surface area contributed by atoms with Crippen LogP contribution in [0, 0.1) is 6.92 Å². The van der Waals surface area contributed by atoms with Gasteiger partial charge in [0.05, 0.1) is 29.0 Å². The van der Waals surface area contributed by atoms with Gasteiger partial charge in [0.15, 0.2) is 0 Å². The van der Waals surface area contributed by atoms with Crippen molar-refractivity contribution < 1.29 is 18.9 Å². The predicted octanol–water partition coefficient (Wildman–Crippen LogP) is 6.68. The van der Waals surface area contributed by atoms with Crippen LogP contribution < -0.4 is 10.6 Å². The molecule has 9 rings (SSSR count). The third-order valence-electron chi connectivity index (χ3n) is 11.6. The van der Waals surface area contributed by atoms with E-state index in [0.717, 1.165) is 88.1 Å². The molecule has 0 bridgehead atoms. The zero-order valence-corrected chi connectivity index (χ0v) is 34.2. The molecule has 60 heavy (non-hydrogen) atoms.